The largest absolute Gasteiger partial charge is 0.504 e. The topological polar surface area (TPSA) is 152 Å². The van der Waals surface area contributed by atoms with E-state index in [4.69, 9.17) is 9.47 Å². The van der Waals surface area contributed by atoms with Crippen molar-refractivity contribution in [3.05, 3.63) is 23.8 Å². The molecule has 10 nitrogen and oxygen atoms in total. The Bertz CT molecular complexity index is 645. The van der Waals surface area contributed by atoms with E-state index in [1.165, 1.54) is 13.2 Å². The summed E-state index contributed by atoms with van der Waals surface area (Å²) in [7, 11) is 2.22. The molecule has 1 aliphatic heterocycles. The highest BCUT2D eigenvalue weighted by atomic mass is 16.7. The summed E-state index contributed by atoms with van der Waals surface area (Å²) in [6.45, 7) is 0. The van der Waals surface area contributed by atoms with Crippen LogP contribution in [0.3, 0.4) is 0 Å². The fourth-order valence-electron chi connectivity index (χ4n) is 2.23. The number of carbonyl (C=O) groups is 2. The fourth-order valence-corrected chi connectivity index (χ4v) is 2.23. The molecule has 10 heteroatoms. The number of hydrogen-bond acceptors (Lipinski definition) is 10. The molecule has 0 amide bonds. The van der Waals surface area contributed by atoms with Gasteiger partial charge in [0.2, 0.25) is 6.29 Å². The van der Waals surface area contributed by atoms with Crippen LogP contribution in [0.4, 0.5) is 0 Å². The molecule has 0 aliphatic carbocycles. The van der Waals surface area contributed by atoms with Crippen LogP contribution in [-0.4, -0.2) is 77.3 Å². The van der Waals surface area contributed by atoms with Gasteiger partial charge in [0.1, 0.15) is 18.3 Å². The van der Waals surface area contributed by atoms with Crippen LogP contribution in [-0.2, 0) is 19.0 Å². The number of aliphatic hydroxyl groups is 3. The van der Waals surface area contributed by atoms with Crippen LogP contribution in [0.15, 0.2) is 18.2 Å². The van der Waals surface area contributed by atoms with E-state index in [2.05, 4.69) is 9.47 Å². The lowest BCUT2D eigenvalue weighted by Crippen LogP contribution is -2.61. The van der Waals surface area contributed by atoms with Gasteiger partial charge in [-0.05, 0) is 18.2 Å². The van der Waals surface area contributed by atoms with E-state index in [1.54, 1.807) is 0 Å². The van der Waals surface area contributed by atoms with Crippen molar-refractivity contribution in [1.82, 2.24) is 0 Å². The second-order valence-corrected chi connectivity index (χ2v) is 5.21. The Balaban J connectivity index is 2.26. The zero-order chi connectivity index (χ0) is 18.7. The number of aromatic hydroxyl groups is 1. The summed E-state index contributed by atoms with van der Waals surface area (Å²) in [5.41, 5.74) is 0.0469. The fraction of sp³-hybridized carbons (Fsp3) is 0.467. The summed E-state index contributed by atoms with van der Waals surface area (Å²) in [6, 6.07) is 3.56. The van der Waals surface area contributed by atoms with Gasteiger partial charge in [-0.1, -0.05) is 0 Å². The number of phenols is 1. The molecule has 1 saturated heterocycles. The molecule has 1 aromatic rings. The first-order valence-corrected chi connectivity index (χ1v) is 7.15. The lowest BCUT2D eigenvalue weighted by atomic mass is 9.99. The first-order valence-electron chi connectivity index (χ1n) is 7.15. The molecule has 4 N–H and O–H groups in total. The second kappa shape index (κ2) is 7.66. The van der Waals surface area contributed by atoms with Crippen molar-refractivity contribution in [3.8, 4) is 11.5 Å². The molecule has 25 heavy (non-hydrogen) atoms. The molecule has 0 saturated carbocycles. The molecule has 5 atom stereocenters. The zero-order valence-electron chi connectivity index (χ0n) is 13.4. The predicted octanol–water partition coefficient (Wildman–Crippen LogP) is -1.46. The van der Waals surface area contributed by atoms with E-state index in [0.717, 1.165) is 19.2 Å². The molecule has 2 rings (SSSR count). The van der Waals surface area contributed by atoms with Gasteiger partial charge in [0.05, 0.1) is 19.8 Å². The Morgan fingerprint density at radius 3 is 2.32 bits per heavy atom. The predicted molar refractivity (Wildman–Crippen MR) is 78.8 cm³/mol. The Labute approximate surface area is 142 Å². The van der Waals surface area contributed by atoms with E-state index >= 15 is 0 Å². The Morgan fingerprint density at radius 1 is 1.04 bits per heavy atom. The Morgan fingerprint density at radius 2 is 1.72 bits per heavy atom. The van der Waals surface area contributed by atoms with Gasteiger partial charge in [-0.2, -0.15) is 0 Å². The van der Waals surface area contributed by atoms with Crippen molar-refractivity contribution in [1.29, 1.82) is 0 Å². The van der Waals surface area contributed by atoms with Gasteiger partial charge in [0, 0.05) is 0 Å². The molecular formula is C15H18O10. The average Bonchev–Trinajstić information content (AvgIpc) is 2.62. The quantitative estimate of drug-likeness (QED) is 0.470. The summed E-state index contributed by atoms with van der Waals surface area (Å²) in [6.07, 6.45) is -8.48. The summed E-state index contributed by atoms with van der Waals surface area (Å²) in [5.74, 6) is -2.34. The summed E-state index contributed by atoms with van der Waals surface area (Å²) in [4.78, 5) is 23.1. The maximum Gasteiger partial charge on any atom is 0.337 e. The van der Waals surface area contributed by atoms with Crippen LogP contribution in [0.1, 0.15) is 10.4 Å². The van der Waals surface area contributed by atoms with Gasteiger partial charge in [-0.15, -0.1) is 0 Å². The summed E-state index contributed by atoms with van der Waals surface area (Å²) in [5, 5.41) is 39.4. The molecule has 1 heterocycles. The normalized spacial score (nSPS) is 28.9. The van der Waals surface area contributed by atoms with Gasteiger partial charge in [-0.3, -0.25) is 0 Å². The number of methoxy groups -OCH3 is 2. The molecule has 138 valence electrons. The summed E-state index contributed by atoms with van der Waals surface area (Å²) < 4.78 is 19.4. The average molecular weight is 358 g/mol. The van der Waals surface area contributed by atoms with E-state index in [0.29, 0.717) is 0 Å². The first kappa shape index (κ1) is 18.9. The smallest absolute Gasteiger partial charge is 0.337 e. The molecule has 0 radical (unpaired) electrons. The standard InChI is InChI=1S/C15H18O10/c1-22-13(20)6-3-4-7(16)8(5-6)24-15-11(19)9(17)10(18)12(25-15)14(21)23-2/h3-5,9-12,15-19H,1-2H3/t9?,10-,11?,12?,15-/m1/s1. The molecule has 1 aromatic carbocycles. The number of hydrogen-bond donors (Lipinski definition) is 4. The van der Waals surface area contributed by atoms with Crippen LogP contribution in [0.25, 0.3) is 0 Å². The van der Waals surface area contributed by atoms with Gasteiger partial charge in [0.25, 0.3) is 0 Å². The Kier molecular flexibility index (Phi) is 5.80. The third-order valence-corrected chi connectivity index (χ3v) is 3.63. The minimum Gasteiger partial charge on any atom is -0.504 e. The lowest BCUT2D eigenvalue weighted by Gasteiger charge is -2.38. The van der Waals surface area contributed by atoms with Crippen molar-refractivity contribution < 1.29 is 49.0 Å². The van der Waals surface area contributed by atoms with Crippen LogP contribution in [0.2, 0.25) is 0 Å². The van der Waals surface area contributed by atoms with Gasteiger partial charge in [-0.25, -0.2) is 9.59 Å². The number of benzene rings is 1. The van der Waals surface area contributed by atoms with E-state index < -0.39 is 48.4 Å². The molecule has 0 spiro atoms. The number of esters is 2. The SMILES string of the molecule is COC(=O)c1ccc(O)c(O[C@@H]2OC(C(=O)OC)[C@H](O)C(O)C2O)c1. The number of rotatable bonds is 4. The van der Waals surface area contributed by atoms with Gasteiger partial charge in [0.15, 0.2) is 17.6 Å². The van der Waals surface area contributed by atoms with Crippen LogP contribution in [0.5, 0.6) is 11.5 Å². The molecule has 3 unspecified atom stereocenters. The first-order chi connectivity index (χ1) is 11.8. The number of phenolic OH excluding ortho intramolecular Hbond substituents is 1. The number of aliphatic hydroxyl groups excluding tert-OH is 3. The maximum atomic E-state index is 11.6. The van der Waals surface area contributed by atoms with Crippen molar-refractivity contribution in [2.24, 2.45) is 0 Å². The van der Waals surface area contributed by atoms with Gasteiger partial charge < -0.3 is 39.4 Å². The van der Waals surface area contributed by atoms with E-state index in [9.17, 15) is 30.0 Å². The minimum absolute atomic E-state index is 0.0469. The molecular weight excluding hydrogens is 340 g/mol. The lowest BCUT2D eigenvalue weighted by molar-refractivity contribution is -0.272. The van der Waals surface area contributed by atoms with Gasteiger partial charge >= 0.3 is 11.9 Å². The minimum atomic E-state index is -1.77. The van der Waals surface area contributed by atoms with Crippen molar-refractivity contribution in [3.63, 3.8) is 0 Å². The Hall–Kier alpha value is -2.40. The zero-order valence-corrected chi connectivity index (χ0v) is 13.4. The van der Waals surface area contributed by atoms with E-state index in [1.807, 2.05) is 0 Å². The van der Waals surface area contributed by atoms with E-state index in [-0.39, 0.29) is 11.3 Å². The van der Waals surface area contributed by atoms with Crippen LogP contribution in [0, 0.1) is 0 Å². The second-order valence-electron chi connectivity index (χ2n) is 5.21. The van der Waals surface area contributed by atoms with Crippen LogP contribution >= 0.6 is 0 Å². The third kappa shape index (κ3) is 3.82. The molecule has 1 aliphatic rings. The monoisotopic (exact) mass is 358 g/mol. The number of carbonyl (C=O) groups excluding carboxylic acids is 2. The highest BCUT2D eigenvalue weighted by molar-refractivity contribution is 5.90. The molecule has 0 aromatic heterocycles. The molecule has 0 bridgehead atoms. The van der Waals surface area contributed by atoms with Crippen molar-refractivity contribution in [2.45, 2.75) is 30.7 Å². The highest BCUT2D eigenvalue weighted by Gasteiger charge is 2.48. The summed E-state index contributed by atoms with van der Waals surface area (Å²) >= 11 is 0. The number of ether oxygens (including phenoxy) is 4. The van der Waals surface area contributed by atoms with Crippen molar-refractivity contribution in [2.75, 3.05) is 14.2 Å². The van der Waals surface area contributed by atoms with Crippen molar-refractivity contribution >= 4 is 11.9 Å². The highest BCUT2D eigenvalue weighted by Crippen LogP contribution is 2.31. The third-order valence-electron chi connectivity index (χ3n) is 3.63. The maximum absolute atomic E-state index is 11.6. The van der Waals surface area contributed by atoms with Crippen LogP contribution < -0.4 is 4.74 Å². The molecule has 1 fully saturated rings.